The smallest absolute Gasteiger partial charge is 0.335 e. The monoisotopic (exact) mass is 251 g/mol. The van der Waals surface area contributed by atoms with Crippen LogP contribution in [0.25, 0.3) is 0 Å². The molecule has 0 radical (unpaired) electrons. The van der Waals surface area contributed by atoms with Crippen molar-refractivity contribution in [2.45, 2.75) is 19.1 Å². The zero-order valence-electron chi connectivity index (χ0n) is 9.61. The number of aliphatic hydroxyl groups is 1. The van der Waals surface area contributed by atoms with E-state index in [1.807, 2.05) is 0 Å². The Morgan fingerprint density at radius 3 is 2.61 bits per heavy atom. The van der Waals surface area contributed by atoms with E-state index in [9.17, 15) is 20.0 Å². The minimum Gasteiger partial charge on any atom is -0.459 e. The SMILES string of the molecule is C=CCC(O)C(=O)OCc1ccc([N+](=O)[O-])cc1. The second-order valence-electron chi connectivity index (χ2n) is 3.57. The van der Waals surface area contributed by atoms with Crippen molar-refractivity contribution >= 4 is 11.7 Å². The first-order valence-electron chi connectivity index (χ1n) is 5.23. The van der Waals surface area contributed by atoms with Crippen LogP contribution in [0.2, 0.25) is 0 Å². The molecule has 1 rings (SSSR count). The van der Waals surface area contributed by atoms with Crippen LogP contribution in [0.15, 0.2) is 36.9 Å². The van der Waals surface area contributed by atoms with E-state index >= 15 is 0 Å². The third-order valence-corrected chi connectivity index (χ3v) is 2.19. The largest absolute Gasteiger partial charge is 0.459 e. The van der Waals surface area contributed by atoms with Crippen LogP contribution in [-0.4, -0.2) is 22.1 Å². The Bertz CT molecular complexity index is 440. The van der Waals surface area contributed by atoms with Gasteiger partial charge in [0.05, 0.1) is 4.92 Å². The van der Waals surface area contributed by atoms with Crippen LogP contribution in [0.5, 0.6) is 0 Å². The Labute approximate surface area is 104 Å². The molecular weight excluding hydrogens is 238 g/mol. The van der Waals surface area contributed by atoms with Gasteiger partial charge in [-0.1, -0.05) is 6.08 Å². The lowest BCUT2D eigenvalue weighted by Crippen LogP contribution is -2.22. The van der Waals surface area contributed by atoms with E-state index < -0.39 is 17.0 Å². The van der Waals surface area contributed by atoms with E-state index in [2.05, 4.69) is 6.58 Å². The zero-order valence-corrected chi connectivity index (χ0v) is 9.61. The summed E-state index contributed by atoms with van der Waals surface area (Å²) >= 11 is 0. The average molecular weight is 251 g/mol. The van der Waals surface area contributed by atoms with Gasteiger partial charge in [-0.05, 0) is 17.7 Å². The highest BCUT2D eigenvalue weighted by molar-refractivity contribution is 5.74. The van der Waals surface area contributed by atoms with Gasteiger partial charge < -0.3 is 9.84 Å². The van der Waals surface area contributed by atoms with Gasteiger partial charge in [0.1, 0.15) is 6.61 Å². The average Bonchev–Trinajstić information content (AvgIpc) is 2.36. The Hall–Kier alpha value is -2.21. The van der Waals surface area contributed by atoms with Gasteiger partial charge in [-0.2, -0.15) is 0 Å². The maximum absolute atomic E-state index is 11.3. The molecule has 0 aromatic heterocycles. The normalized spacial score (nSPS) is 11.6. The number of benzene rings is 1. The van der Waals surface area contributed by atoms with Crippen molar-refractivity contribution in [2.24, 2.45) is 0 Å². The molecule has 6 nitrogen and oxygen atoms in total. The summed E-state index contributed by atoms with van der Waals surface area (Å²) < 4.78 is 4.84. The van der Waals surface area contributed by atoms with Crippen LogP contribution >= 0.6 is 0 Å². The molecule has 1 atom stereocenters. The predicted molar refractivity (Wildman–Crippen MR) is 63.7 cm³/mol. The second-order valence-corrected chi connectivity index (χ2v) is 3.57. The fourth-order valence-corrected chi connectivity index (χ4v) is 1.22. The number of esters is 1. The number of ether oxygens (including phenoxy) is 1. The highest BCUT2D eigenvalue weighted by atomic mass is 16.6. The number of non-ortho nitro benzene ring substituents is 1. The molecule has 0 bridgehead atoms. The minimum atomic E-state index is -1.22. The zero-order chi connectivity index (χ0) is 13.5. The van der Waals surface area contributed by atoms with E-state index in [-0.39, 0.29) is 18.7 Å². The van der Waals surface area contributed by atoms with Gasteiger partial charge >= 0.3 is 5.97 Å². The topological polar surface area (TPSA) is 89.7 Å². The van der Waals surface area contributed by atoms with Crippen molar-refractivity contribution in [3.05, 3.63) is 52.6 Å². The molecule has 18 heavy (non-hydrogen) atoms. The fraction of sp³-hybridized carbons (Fsp3) is 0.250. The fourth-order valence-electron chi connectivity index (χ4n) is 1.22. The van der Waals surface area contributed by atoms with Gasteiger partial charge in [0.15, 0.2) is 6.10 Å². The van der Waals surface area contributed by atoms with Gasteiger partial charge in [0.2, 0.25) is 0 Å². The molecule has 0 heterocycles. The summed E-state index contributed by atoms with van der Waals surface area (Å²) in [6.07, 6.45) is 0.317. The van der Waals surface area contributed by atoms with Crippen LogP contribution in [0.4, 0.5) is 5.69 Å². The van der Waals surface area contributed by atoms with Crippen molar-refractivity contribution in [2.75, 3.05) is 0 Å². The van der Waals surface area contributed by atoms with Crippen molar-refractivity contribution in [1.29, 1.82) is 0 Å². The number of carbonyl (C=O) groups excluding carboxylic acids is 1. The predicted octanol–water partition coefficient (Wildman–Crippen LogP) is 1.57. The molecule has 0 saturated carbocycles. The molecular formula is C12H13NO5. The standard InChI is InChI=1S/C12H13NO5/c1-2-3-11(14)12(15)18-8-9-4-6-10(7-5-9)13(16)17/h2,4-7,11,14H,1,3,8H2. The minimum absolute atomic E-state index is 0.0308. The molecule has 0 amide bonds. The number of nitro groups is 1. The Morgan fingerprint density at radius 2 is 2.11 bits per heavy atom. The van der Waals surface area contributed by atoms with Crippen LogP contribution in [0.3, 0.4) is 0 Å². The molecule has 0 aliphatic heterocycles. The van der Waals surface area contributed by atoms with Crippen molar-refractivity contribution in [3.8, 4) is 0 Å². The quantitative estimate of drug-likeness (QED) is 0.359. The number of hydrogen-bond acceptors (Lipinski definition) is 5. The molecule has 96 valence electrons. The van der Waals surface area contributed by atoms with E-state index in [0.29, 0.717) is 5.56 Å². The number of hydrogen-bond donors (Lipinski definition) is 1. The highest BCUT2D eigenvalue weighted by Crippen LogP contribution is 2.12. The number of nitrogens with zero attached hydrogens (tertiary/aromatic N) is 1. The molecule has 1 aromatic carbocycles. The summed E-state index contributed by atoms with van der Waals surface area (Å²) in [5.41, 5.74) is 0.580. The Kier molecular flexibility index (Phi) is 5.01. The molecule has 6 heteroatoms. The Morgan fingerprint density at radius 1 is 1.50 bits per heavy atom. The van der Waals surface area contributed by atoms with Gasteiger partial charge in [-0.15, -0.1) is 6.58 Å². The second kappa shape index (κ2) is 6.51. The molecule has 0 spiro atoms. The van der Waals surface area contributed by atoms with Crippen molar-refractivity contribution in [3.63, 3.8) is 0 Å². The highest BCUT2D eigenvalue weighted by Gasteiger charge is 2.14. The molecule has 1 N–H and O–H groups in total. The van der Waals surface area contributed by atoms with E-state index in [0.717, 1.165) is 0 Å². The third-order valence-electron chi connectivity index (χ3n) is 2.19. The lowest BCUT2D eigenvalue weighted by atomic mass is 10.2. The van der Waals surface area contributed by atoms with Crippen LogP contribution in [0, 0.1) is 10.1 Å². The summed E-state index contributed by atoms with van der Waals surface area (Å²) in [6, 6.07) is 5.63. The summed E-state index contributed by atoms with van der Waals surface area (Å²) in [5, 5.41) is 19.7. The van der Waals surface area contributed by atoms with E-state index in [4.69, 9.17) is 4.74 Å². The lowest BCUT2D eigenvalue weighted by Gasteiger charge is -2.08. The summed E-state index contributed by atoms with van der Waals surface area (Å²) in [5.74, 6) is -0.742. The maximum Gasteiger partial charge on any atom is 0.335 e. The summed E-state index contributed by atoms with van der Waals surface area (Å²) in [7, 11) is 0. The summed E-state index contributed by atoms with van der Waals surface area (Å²) in [4.78, 5) is 21.2. The number of carbonyl (C=O) groups is 1. The first-order chi connectivity index (χ1) is 8.54. The van der Waals surface area contributed by atoms with E-state index in [1.165, 1.54) is 30.3 Å². The molecule has 1 aromatic rings. The Balaban J connectivity index is 2.51. The first kappa shape index (κ1) is 13.9. The number of aliphatic hydroxyl groups excluding tert-OH is 1. The van der Waals surface area contributed by atoms with Crippen LogP contribution < -0.4 is 0 Å². The van der Waals surface area contributed by atoms with Gasteiger partial charge in [0.25, 0.3) is 5.69 Å². The molecule has 0 aliphatic carbocycles. The van der Waals surface area contributed by atoms with E-state index in [1.54, 1.807) is 0 Å². The molecule has 1 unspecified atom stereocenters. The molecule has 0 fully saturated rings. The third kappa shape index (κ3) is 3.99. The number of rotatable bonds is 6. The maximum atomic E-state index is 11.3. The van der Waals surface area contributed by atoms with Crippen LogP contribution in [-0.2, 0) is 16.1 Å². The van der Waals surface area contributed by atoms with Crippen molar-refractivity contribution in [1.82, 2.24) is 0 Å². The van der Waals surface area contributed by atoms with Crippen molar-refractivity contribution < 1.29 is 19.6 Å². The molecule has 0 aliphatic rings. The number of nitro benzene ring substituents is 1. The molecule has 0 saturated heterocycles. The van der Waals surface area contributed by atoms with Gasteiger partial charge in [-0.25, -0.2) is 4.79 Å². The summed E-state index contributed by atoms with van der Waals surface area (Å²) in [6.45, 7) is 3.36. The van der Waals surface area contributed by atoms with Gasteiger partial charge in [0, 0.05) is 18.6 Å². The first-order valence-corrected chi connectivity index (χ1v) is 5.23. The van der Waals surface area contributed by atoms with Gasteiger partial charge in [-0.3, -0.25) is 10.1 Å². The lowest BCUT2D eigenvalue weighted by molar-refractivity contribution is -0.384. The van der Waals surface area contributed by atoms with Crippen LogP contribution in [0.1, 0.15) is 12.0 Å².